The molecule has 162 valence electrons. The van der Waals surface area contributed by atoms with Gasteiger partial charge in [-0.25, -0.2) is 0 Å². The lowest BCUT2D eigenvalue weighted by Gasteiger charge is -2.13. The second kappa shape index (κ2) is 10.5. The molecule has 1 aromatic heterocycles. The Bertz CT molecular complexity index is 1060. The monoisotopic (exact) mass is 535 g/mol. The van der Waals surface area contributed by atoms with E-state index in [0.29, 0.717) is 16.6 Å². The van der Waals surface area contributed by atoms with Gasteiger partial charge in [0.05, 0.1) is 11.6 Å². The lowest BCUT2D eigenvalue weighted by molar-refractivity contribution is -0.125. The van der Waals surface area contributed by atoms with Crippen molar-refractivity contribution in [2.24, 2.45) is 5.92 Å². The molecule has 1 aliphatic carbocycles. The van der Waals surface area contributed by atoms with Crippen molar-refractivity contribution in [1.29, 1.82) is 0 Å². The standard InChI is InChI=1S/C25H24BrCl2NOS/c26-18-9-7-16(8-10-18)22-14-20(15-29-25(30)17-5-3-1-2-4-6-17)31-24(22)21-12-11-19(27)13-23(21)28/h7-14,17H,1-6,15H2,(H,29,30). The number of halogens is 3. The molecule has 1 amide bonds. The molecule has 0 atom stereocenters. The van der Waals surface area contributed by atoms with Crippen LogP contribution in [0.1, 0.15) is 43.4 Å². The summed E-state index contributed by atoms with van der Waals surface area (Å²) in [5.41, 5.74) is 3.18. The summed E-state index contributed by atoms with van der Waals surface area (Å²) in [4.78, 5) is 14.9. The van der Waals surface area contributed by atoms with Gasteiger partial charge in [-0.2, -0.15) is 0 Å². The molecule has 1 saturated carbocycles. The summed E-state index contributed by atoms with van der Waals surface area (Å²) in [6.45, 7) is 0.536. The molecule has 1 N–H and O–H groups in total. The third-order valence-electron chi connectivity index (χ3n) is 5.78. The molecule has 1 fully saturated rings. The molecule has 6 heteroatoms. The highest BCUT2D eigenvalue weighted by atomic mass is 79.9. The van der Waals surface area contributed by atoms with E-state index in [2.05, 4.69) is 39.4 Å². The van der Waals surface area contributed by atoms with Gasteiger partial charge in [-0.05, 0) is 48.7 Å². The van der Waals surface area contributed by atoms with E-state index in [1.807, 2.05) is 24.3 Å². The van der Waals surface area contributed by atoms with Crippen LogP contribution in [0.2, 0.25) is 10.0 Å². The van der Waals surface area contributed by atoms with Gasteiger partial charge in [0.1, 0.15) is 0 Å². The lowest BCUT2D eigenvalue weighted by atomic mass is 9.99. The van der Waals surface area contributed by atoms with Crippen molar-refractivity contribution in [3.8, 4) is 21.6 Å². The number of nitrogens with one attached hydrogen (secondary N) is 1. The first kappa shape index (κ1) is 22.8. The maximum absolute atomic E-state index is 12.7. The lowest BCUT2D eigenvalue weighted by Crippen LogP contribution is -2.29. The minimum atomic E-state index is 0.151. The Morgan fingerprint density at radius 3 is 2.35 bits per heavy atom. The Morgan fingerprint density at radius 2 is 1.68 bits per heavy atom. The maximum Gasteiger partial charge on any atom is 0.223 e. The summed E-state index contributed by atoms with van der Waals surface area (Å²) in [6.07, 6.45) is 6.82. The van der Waals surface area contributed by atoms with Gasteiger partial charge < -0.3 is 5.32 Å². The van der Waals surface area contributed by atoms with Gasteiger partial charge in [-0.15, -0.1) is 11.3 Å². The fourth-order valence-corrected chi connectivity index (χ4v) is 6.09. The summed E-state index contributed by atoms with van der Waals surface area (Å²) >= 11 is 17.8. The Morgan fingerprint density at radius 1 is 0.968 bits per heavy atom. The van der Waals surface area contributed by atoms with E-state index in [4.69, 9.17) is 23.2 Å². The fourth-order valence-electron chi connectivity index (χ4n) is 4.11. The minimum absolute atomic E-state index is 0.151. The molecule has 1 heterocycles. The highest BCUT2D eigenvalue weighted by Crippen LogP contribution is 2.43. The number of benzene rings is 2. The predicted molar refractivity (Wildman–Crippen MR) is 136 cm³/mol. The molecule has 0 spiro atoms. The number of carbonyl (C=O) groups is 1. The number of hydrogen-bond donors (Lipinski definition) is 1. The average Bonchev–Trinajstić information content (AvgIpc) is 2.98. The van der Waals surface area contributed by atoms with Crippen molar-refractivity contribution in [2.45, 2.75) is 45.1 Å². The van der Waals surface area contributed by atoms with Crippen LogP contribution in [0.15, 0.2) is 53.0 Å². The SMILES string of the molecule is O=C(NCc1cc(-c2ccc(Br)cc2)c(-c2ccc(Cl)cc2Cl)s1)C1CCCCCC1. The Balaban J connectivity index is 1.61. The summed E-state index contributed by atoms with van der Waals surface area (Å²) in [7, 11) is 0. The van der Waals surface area contributed by atoms with Crippen LogP contribution >= 0.6 is 50.5 Å². The first-order chi connectivity index (χ1) is 15.0. The van der Waals surface area contributed by atoms with Crippen molar-refractivity contribution in [1.82, 2.24) is 5.32 Å². The third kappa shape index (κ3) is 5.73. The second-order valence-corrected chi connectivity index (χ2v) is 10.9. The van der Waals surface area contributed by atoms with E-state index in [1.165, 1.54) is 12.8 Å². The summed E-state index contributed by atoms with van der Waals surface area (Å²) in [5.74, 6) is 0.338. The van der Waals surface area contributed by atoms with Crippen molar-refractivity contribution >= 4 is 56.4 Å². The summed E-state index contributed by atoms with van der Waals surface area (Å²) in [6, 6.07) is 16.0. The zero-order valence-corrected chi connectivity index (χ0v) is 21.0. The normalized spacial score (nSPS) is 14.9. The van der Waals surface area contributed by atoms with Crippen molar-refractivity contribution in [2.75, 3.05) is 0 Å². The molecule has 31 heavy (non-hydrogen) atoms. The highest BCUT2D eigenvalue weighted by Gasteiger charge is 2.21. The average molecular weight is 537 g/mol. The molecular formula is C25H24BrCl2NOS. The number of thiophene rings is 1. The third-order valence-corrected chi connectivity index (χ3v) is 8.02. The smallest absolute Gasteiger partial charge is 0.223 e. The molecule has 1 aliphatic rings. The molecule has 0 saturated heterocycles. The summed E-state index contributed by atoms with van der Waals surface area (Å²) < 4.78 is 1.04. The Hall–Kier alpha value is -1.33. The molecule has 0 radical (unpaired) electrons. The minimum Gasteiger partial charge on any atom is -0.351 e. The van der Waals surface area contributed by atoms with E-state index in [1.54, 1.807) is 17.4 Å². The molecule has 2 aromatic carbocycles. The first-order valence-corrected chi connectivity index (χ1v) is 13.0. The highest BCUT2D eigenvalue weighted by molar-refractivity contribution is 9.10. The van der Waals surface area contributed by atoms with E-state index in [0.717, 1.165) is 56.6 Å². The Kier molecular flexibility index (Phi) is 7.76. The maximum atomic E-state index is 12.7. The van der Waals surface area contributed by atoms with Gasteiger partial charge in [0.25, 0.3) is 0 Å². The van der Waals surface area contributed by atoms with Crippen LogP contribution in [-0.4, -0.2) is 5.91 Å². The molecule has 0 unspecified atom stereocenters. The molecule has 0 aliphatic heterocycles. The summed E-state index contributed by atoms with van der Waals surface area (Å²) in [5, 5.41) is 4.43. The fraction of sp³-hybridized carbons (Fsp3) is 0.320. The van der Waals surface area contributed by atoms with Crippen LogP contribution in [0.4, 0.5) is 0 Å². The van der Waals surface area contributed by atoms with Gasteiger partial charge in [0.15, 0.2) is 0 Å². The number of carbonyl (C=O) groups excluding carboxylic acids is 1. The van der Waals surface area contributed by atoms with Crippen LogP contribution < -0.4 is 5.32 Å². The first-order valence-electron chi connectivity index (χ1n) is 10.6. The van der Waals surface area contributed by atoms with Gasteiger partial charge in [0.2, 0.25) is 5.91 Å². The van der Waals surface area contributed by atoms with Crippen LogP contribution in [-0.2, 0) is 11.3 Å². The topological polar surface area (TPSA) is 29.1 Å². The number of hydrogen-bond acceptors (Lipinski definition) is 2. The van der Waals surface area contributed by atoms with Crippen LogP contribution in [0, 0.1) is 5.92 Å². The second-order valence-electron chi connectivity index (χ2n) is 7.99. The predicted octanol–water partition coefficient (Wildman–Crippen LogP) is 8.74. The van der Waals surface area contributed by atoms with Crippen molar-refractivity contribution in [3.63, 3.8) is 0 Å². The number of amides is 1. The van der Waals surface area contributed by atoms with E-state index < -0.39 is 0 Å². The quantitative estimate of drug-likeness (QED) is 0.324. The van der Waals surface area contributed by atoms with Gasteiger partial charge >= 0.3 is 0 Å². The van der Waals surface area contributed by atoms with Crippen LogP contribution in [0.3, 0.4) is 0 Å². The van der Waals surface area contributed by atoms with E-state index in [-0.39, 0.29) is 11.8 Å². The van der Waals surface area contributed by atoms with Crippen molar-refractivity contribution in [3.05, 3.63) is 67.9 Å². The van der Waals surface area contributed by atoms with E-state index in [9.17, 15) is 4.79 Å². The Labute approximate surface area is 206 Å². The molecule has 2 nitrogen and oxygen atoms in total. The zero-order chi connectivity index (χ0) is 21.8. The van der Waals surface area contributed by atoms with Crippen LogP contribution in [0.5, 0.6) is 0 Å². The molecule has 3 aromatic rings. The molecule has 0 bridgehead atoms. The van der Waals surface area contributed by atoms with Gasteiger partial charge in [-0.3, -0.25) is 4.79 Å². The van der Waals surface area contributed by atoms with Crippen LogP contribution in [0.25, 0.3) is 21.6 Å². The van der Waals surface area contributed by atoms with E-state index >= 15 is 0 Å². The van der Waals surface area contributed by atoms with Gasteiger partial charge in [0, 0.05) is 36.3 Å². The molecule has 4 rings (SSSR count). The zero-order valence-electron chi connectivity index (χ0n) is 17.1. The number of rotatable bonds is 5. The van der Waals surface area contributed by atoms with Gasteiger partial charge in [-0.1, -0.05) is 83.0 Å². The largest absolute Gasteiger partial charge is 0.351 e. The van der Waals surface area contributed by atoms with Crippen molar-refractivity contribution < 1.29 is 4.79 Å². The molecular weight excluding hydrogens is 513 g/mol.